The Hall–Kier alpha value is -3.48. The van der Waals surface area contributed by atoms with E-state index in [0.717, 1.165) is 30.3 Å². The van der Waals surface area contributed by atoms with Gasteiger partial charge >= 0.3 is 0 Å². The molecule has 0 aliphatic rings. The van der Waals surface area contributed by atoms with Crippen molar-refractivity contribution in [1.82, 2.24) is 9.97 Å². The molecular formula is C23H26FN5O. The molecule has 6 nitrogen and oxygen atoms in total. The first-order valence-corrected chi connectivity index (χ1v) is 9.99. The molecule has 2 N–H and O–H groups in total. The van der Waals surface area contributed by atoms with Crippen LogP contribution >= 0.6 is 0 Å². The van der Waals surface area contributed by atoms with E-state index in [0.29, 0.717) is 17.2 Å². The van der Waals surface area contributed by atoms with Crippen molar-refractivity contribution in [2.45, 2.75) is 27.2 Å². The summed E-state index contributed by atoms with van der Waals surface area (Å²) in [6.45, 7) is 7.86. The second-order valence-corrected chi connectivity index (χ2v) is 6.88. The van der Waals surface area contributed by atoms with E-state index in [4.69, 9.17) is 0 Å². The predicted octanol–water partition coefficient (Wildman–Crippen LogP) is 4.70. The predicted molar refractivity (Wildman–Crippen MR) is 119 cm³/mol. The summed E-state index contributed by atoms with van der Waals surface area (Å²) in [5.41, 5.74) is 2.69. The number of amides is 1. The van der Waals surface area contributed by atoms with Crippen molar-refractivity contribution in [2.24, 2.45) is 0 Å². The smallest absolute Gasteiger partial charge is 0.229 e. The van der Waals surface area contributed by atoms with Gasteiger partial charge in [0.15, 0.2) is 0 Å². The number of carbonyl (C=O) groups excluding carboxylic acids is 1. The Morgan fingerprint density at radius 3 is 2.33 bits per heavy atom. The van der Waals surface area contributed by atoms with Gasteiger partial charge in [-0.3, -0.25) is 4.79 Å². The monoisotopic (exact) mass is 407 g/mol. The summed E-state index contributed by atoms with van der Waals surface area (Å²) in [5, 5.41) is 5.99. The molecule has 0 fully saturated rings. The van der Waals surface area contributed by atoms with E-state index in [1.165, 1.54) is 6.07 Å². The molecule has 3 rings (SSSR count). The van der Waals surface area contributed by atoms with Gasteiger partial charge in [0.2, 0.25) is 11.9 Å². The molecule has 0 radical (unpaired) electrons. The van der Waals surface area contributed by atoms with E-state index in [1.807, 2.05) is 25.1 Å². The van der Waals surface area contributed by atoms with Gasteiger partial charge in [-0.1, -0.05) is 18.2 Å². The zero-order valence-corrected chi connectivity index (χ0v) is 17.4. The first-order chi connectivity index (χ1) is 14.5. The van der Waals surface area contributed by atoms with Crippen LogP contribution in [0, 0.1) is 12.7 Å². The van der Waals surface area contributed by atoms with Gasteiger partial charge in [0.25, 0.3) is 0 Å². The van der Waals surface area contributed by atoms with Crippen molar-refractivity contribution in [2.75, 3.05) is 28.6 Å². The molecule has 0 saturated carbocycles. The fourth-order valence-corrected chi connectivity index (χ4v) is 3.10. The number of hydrogen-bond acceptors (Lipinski definition) is 5. The molecule has 0 spiro atoms. The van der Waals surface area contributed by atoms with Gasteiger partial charge in [0.05, 0.1) is 6.42 Å². The Morgan fingerprint density at radius 1 is 1.00 bits per heavy atom. The minimum atomic E-state index is -0.380. The van der Waals surface area contributed by atoms with E-state index >= 15 is 0 Å². The van der Waals surface area contributed by atoms with Crippen LogP contribution in [-0.4, -0.2) is 29.0 Å². The lowest BCUT2D eigenvalue weighted by Crippen LogP contribution is -2.23. The molecular weight excluding hydrogens is 381 g/mol. The largest absolute Gasteiger partial charge is 0.357 e. The van der Waals surface area contributed by atoms with Crippen LogP contribution in [0.4, 0.5) is 27.5 Å². The summed E-state index contributed by atoms with van der Waals surface area (Å²) in [4.78, 5) is 23.4. The van der Waals surface area contributed by atoms with Gasteiger partial charge in [-0.25, -0.2) is 9.37 Å². The van der Waals surface area contributed by atoms with Gasteiger partial charge in [0.1, 0.15) is 11.6 Å². The number of benzene rings is 2. The Kier molecular flexibility index (Phi) is 6.95. The quantitative estimate of drug-likeness (QED) is 0.567. The first kappa shape index (κ1) is 21.2. The minimum absolute atomic E-state index is 0.0159. The van der Waals surface area contributed by atoms with Crippen molar-refractivity contribution in [3.8, 4) is 0 Å². The summed E-state index contributed by atoms with van der Waals surface area (Å²) in [5.74, 6) is 0.751. The minimum Gasteiger partial charge on any atom is -0.357 e. The molecule has 0 atom stereocenters. The van der Waals surface area contributed by atoms with E-state index in [9.17, 15) is 9.18 Å². The number of anilines is 4. The average molecular weight is 407 g/mol. The van der Waals surface area contributed by atoms with Gasteiger partial charge < -0.3 is 15.5 Å². The third-order valence-corrected chi connectivity index (χ3v) is 4.66. The molecule has 0 saturated heterocycles. The number of aromatic nitrogens is 2. The number of nitrogens with zero attached hydrogens (tertiary/aromatic N) is 3. The lowest BCUT2D eigenvalue weighted by Gasteiger charge is -2.20. The molecule has 0 aliphatic carbocycles. The Labute approximate surface area is 176 Å². The molecule has 3 aromatic rings. The highest BCUT2D eigenvalue weighted by Crippen LogP contribution is 2.20. The second-order valence-electron chi connectivity index (χ2n) is 6.88. The number of aryl methyl sites for hydroxylation is 1. The molecule has 0 bridgehead atoms. The maximum Gasteiger partial charge on any atom is 0.229 e. The second kappa shape index (κ2) is 9.82. The van der Waals surface area contributed by atoms with Crippen LogP contribution in [0.5, 0.6) is 0 Å². The molecule has 156 valence electrons. The van der Waals surface area contributed by atoms with Crippen molar-refractivity contribution in [3.05, 3.63) is 71.7 Å². The van der Waals surface area contributed by atoms with Crippen LogP contribution in [0.1, 0.15) is 25.1 Å². The normalized spacial score (nSPS) is 10.5. The van der Waals surface area contributed by atoms with Crippen LogP contribution in [-0.2, 0) is 11.2 Å². The molecule has 0 aliphatic heterocycles. The summed E-state index contributed by atoms with van der Waals surface area (Å²) >= 11 is 0. The topological polar surface area (TPSA) is 70.2 Å². The molecule has 30 heavy (non-hydrogen) atoms. The number of hydrogen-bond donors (Lipinski definition) is 2. The van der Waals surface area contributed by atoms with Crippen molar-refractivity contribution in [1.29, 1.82) is 0 Å². The molecule has 1 aromatic heterocycles. The zero-order valence-electron chi connectivity index (χ0n) is 17.4. The first-order valence-electron chi connectivity index (χ1n) is 9.99. The van der Waals surface area contributed by atoms with E-state index in [1.54, 1.807) is 30.3 Å². The maximum absolute atomic E-state index is 13.7. The fourth-order valence-electron chi connectivity index (χ4n) is 3.10. The lowest BCUT2D eigenvalue weighted by molar-refractivity contribution is -0.115. The van der Waals surface area contributed by atoms with Gasteiger partial charge in [-0.15, -0.1) is 0 Å². The van der Waals surface area contributed by atoms with Crippen LogP contribution < -0.4 is 15.5 Å². The Morgan fingerprint density at radius 2 is 1.67 bits per heavy atom. The van der Waals surface area contributed by atoms with Crippen LogP contribution in [0.25, 0.3) is 0 Å². The zero-order chi connectivity index (χ0) is 21.5. The molecule has 0 unspecified atom stereocenters. The molecule has 1 heterocycles. The summed E-state index contributed by atoms with van der Waals surface area (Å²) in [6, 6.07) is 15.5. The summed E-state index contributed by atoms with van der Waals surface area (Å²) < 4.78 is 13.7. The van der Waals surface area contributed by atoms with Crippen LogP contribution in [0.15, 0.2) is 54.6 Å². The fraction of sp³-hybridized carbons (Fsp3) is 0.261. The number of carbonyl (C=O) groups is 1. The number of rotatable bonds is 8. The highest BCUT2D eigenvalue weighted by Gasteiger charge is 2.10. The number of nitrogens with one attached hydrogen (secondary N) is 2. The van der Waals surface area contributed by atoms with Gasteiger partial charge in [-0.2, -0.15) is 4.98 Å². The van der Waals surface area contributed by atoms with Crippen LogP contribution in [0.2, 0.25) is 0 Å². The van der Waals surface area contributed by atoms with Crippen molar-refractivity contribution in [3.63, 3.8) is 0 Å². The SMILES string of the molecule is CCN(CC)c1cc(C)nc(Nc2ccc(NC(=O)Cc3ccccc3F)cc2)n1. The Bertz CT molecular complexity index is 1000. The third kappa shape index (κ3) is 5.53. The van der Waals surface area contributed by atoms with Gasteiger partial charge in [0, 0.05) is 36.2 Å². The summed E-state index contributed by atoms with van der Waals surface area (Å²) in [6.07, 6.45) is -0.0159. The van der Waals surface area contributed by atoms with Crippen LogP contribution in [0.3, 0.4) is 0 Å². The summed E-state index contributed by atoms with van der Waals surface area (Å²) in [7, 11) is 0. The standard InChI is InChI=1S/C23H26FN5O/c1-4-29(5-2)21-14-16(3)25-23(28-21)27-19-12-10-18(11-13-19)26-22(30)15-17-8-6-7-9-20(17)24/h6-14H,4-5,15H2,1-3H3,(H,26,30)(H,25,27,28). The highest BCUT2D eigenvalue weighted by atomic mass is 19.1. The molecule has 2 aromatic carbocycles. The lowest BCUT2D eigenvalue weighted by atomic mass is 10.1. The van der Waals surface area contributed by atoms with Gasteiger partial charge in [-0.05, 0) is 56.7 Å². The van der Waals surface area contributed by atoms with E-state index in [-0.39, 0.29) is 18.1 Å². The molecule has 1 amide bonds. The maximum atomic E-state index is 13.7. The highest BCUT2D eigenvalue weighted by molar-refractivity contribution is 5.92. The van der Waals surface area contributed by atoms with E-state index in [2.05, 4.69) is 39.3 Å². The number of halogens is 1. The molecule has 7 heteroatoms. The Balaban J connectivity index is 1.65. The van der Waals surface area contributed by atoms with Crippen molar-refractivity contribution < 1.29 is 9.18 Å². The average Bonchev–Trinajstić information content (AvgIpc) is 2.72. The van der Waals surface area contributed by atoms with Crippen molar-refractivity contribution >= 4 is 29.0 Å². The third-order valence-electron chi connectivity index (χ3n) is 4.66. The van der Waals surface area contributed by atoms with E-state index < -0.39 is 0 Å².